The van der Waals surface area contributed by atoms with Crippen molar-refractivity contribution in [2.75, 3.05) is 6.61 Å². The van der Waals surface area contributed by atoms with Crippen LogP contribution in [0.4, 0.5) is 4.79 Å². The highest BCUT2D eigenvalue weighted by Crippen LogP contribution is 2.19. The number of rotatable bonds is 8. The number of benzene rings is 1. The minimum atomic E-state index is -1.10. The number of amides is 1. The summed E-state index contributed by atoms with van der Waals surface area (Å²) in [6.07, 6.45) is 1.12. The summed E-state index contributed by atoms with van der Waals surface area (Å²) in [6, 6.07) is 6.13. The van der Waals surface area contributed by atoms with E-state index in [1.165, 1.54) is 0 Å². The number of ether oxygens (including phenoxy) is 2. The topological polar surface area (TPSA) is 84.9 Å². The van der Waals surface area contributed by atoms with Crippen LogP contribution in [0, 0.1) is 0 Å². The second-order valence-electron chi connectivity index (χ2n) is 6.59. The minimum absolute atomic E-state index is 0.175. The molecule has 134 valence electrons. The molecule has 1 aromatic carbocycles. The normalized spacial score (nSPS) is 12.3. The van der Waals surface area contributed by atoms with E-state index in [2.05, 4.69) is 5.32 Å². The third-order valence-electron chi connectivity index (χ3n) is 3.11. The molecule has 0 radical (unpaired) electrons. The Hall–Kier alpha value is -2.24. The van der Waals surface area contributed by atoms with E-state index in [0.29, 0.717) is 5.75 Å². The van der Waals surface area contributed by atoms with Crippen molar-refractivity contribution < 1.29 is 24.2 Å². The third kappa shape index (κ3) is 7.85. The molecule has 0 spiro atoms. The Labute approximate surface area is 143 Å². The fourth-order valence-electron chi connectivity index (χ4n) is 1.98. The second kappa shape index (κ2) is 9.15. The maximum Gasteiger partial charge on any atom is 0.407 e. The molecule has 24 heavy (non-hydrogen) atoms. The Bertz CT molecular complexity index is 533. The van der Waals surface area contributed by atoms with E-state index in [-0.39, 0.29) is 18.6 Å². The molecular formula is C18H27NO5. The maximum atomic E-state index is 11.6. The largest absolute Gasteiger partial charge is 0.488 e. The molecular weight excluding hydrogens is 310 g/mol. The number of hydrogen-bond donors (Lipinski definition) is 2. The van der Waals surface area contributed by atoms with E-state index < -0.39 is 18.1 Å². The summed E-state index contributed by atoms with van der Waals surface area (Å²) in [6.45, 7) is 8.13. The molecule has 0 bridgehead atoms. The Morgan fingerprint density at radius 1 is 1.21 bits per heavy atom. The summed E-state index contributed by atoms with van der Waals surface area (Å²) in [5.74, 6) is -0.387. The van der Waals surface area contributed by atoms with Crippen LogP contribution in [-0.4, -0.2) is 35.4 Å². The number of carboxylic acid groups (broad SMARTS) is 1. The van der Waals surface area contributed by atoms with Crippen molar-refractivity contribution in [2.45, 2.75) is 58.6 Å². The first-order chi connectivity index (χ1) is 11.2. The van der Waals surface area contributed by atoms with Gasteiger partial charge in [-0.25, -0.2) is 9.59 Å². The van der Waals surface area contributed by atoms with Crippen LogP contribution in [0.1, 0.15) is 46.1 Å². The Morgan fingerprint density at radius 3 is 2.33 bits per heavy atom. The fourth-order valence-corrected chi connectivity index (χ4v) is 1.98. The van der Waals surface area contributed by atoms with E-state index in [4.69, 9.17) is 9.47 Å². The molecule has 0 saturated carbocycles. The van der Waals surface area contributed by atoms with Crippen molar-refractivity contribution in [1.29, 1.82) is 0 Å². The van der Waals surface area contributed by atoms with Gasteiger partial charge in [0, 0.05) is 6.42 Å². The molecule has 0 saturated heterocycles. The Balaban J connectivity index is 2.62. The van der Waals surface area contributed by atoms with Gasteiger partial charge in [0.1, 0.15) is 17.4 Å². The zero-order valence-corrected chi connectivity index (χ0v) is 14.8. The predicted octanol–water partition coefficient (Wildman–Crippen LogP) is 3.39. The number of carboxylic acids is 1. The molecule has 2 N–H and O–H groups in total. The minimum Gasteiger partial charge on any atom is -0.488 e. The van der Waals surface area contributed by atoms with Crippen LogP contribution in [-0.2, 0) is 16.0 Å². The number of nitrogens with one attached hydrogen (secondary N) is 1. The van der Waals surface area contributed by atoms with Crippen molar-refractivity contribution >= 4 is 12.1 Å². The lowest BCUT2D eigenvalue weighted by Gasteiger charge is -2.21. The van der Waals surface area contributed by atoms with Crippen molar-refractivity contribution in [3.63, 3.8) is 0 Å². The van der Waals surface area contributed by atoms with Crippen molar-refractivity contribution in [2.24, 2.45) is 0 Å². The number of hydrogen-bond acceptors (Lipinski definition) is 4. The van der Waals surface area contributed by atoms with Crippen molar-refractivity contribution in [3.8, 4) is 5.75 Å². The van der Waals surface area contributed by atoms with Gasteiger partial charge in [-0.05, 0) is 44.9 Å². The van der Waals surface area contributed by atoms with Gasteiger partial charge in [-0.3, -0.25) is 0 Å². The molecule has 0 aliphatic heterocycles. The van der Waals surface area contributed by atoms with Gasteiger partial charge in [-0.15, -0.1) is 0 Å². The van der Waals surface area contributed by atoms with E-state index >= 15 is 0 Å². The van der Waals surface area contributed by atoms with E-state index in [1.807, 2.05) is 27.7 Å². The zero-order valence-electron chi connectivity index (χ0n) is 14.8. The fraction of sp³-hybridized carbons (Fsp3) is 0.556. The molecule has 1 atom stereocenters. The van der Waals surface area contributed by atoms with Gasteiger partial charge >= 0.3 is 12.1 Å². The quantitative estimate of drug-likeness (QED) is 0.710. The number of carbonyl (C=O) groups is 2. The monoisotopic (exact) mass is 337 g/mol. The van der Waals surface area contributed by atoms with Gasteiger partial charge in [0.25, 0.3) is 0 Å². The van der Waals surface area contributed by atoms with Gasteiger partial charge in [0.2, 0.25) is 0 Å². The summed E-state index contributed by atoms with van der Waals surface area (Å²) in [5.41, 5.74) is 0.493. The molecule has 0 aromatic heterocycles. The van der Waals surface area contributed by atoms with E-state index in [0.717, 1.165) is 18.4 Å². The number of alkyl carbamates (subject to hydrolysis) is 1. The molecule has 6 nitrogen and oxygen atoms in total. The Morgan fingerprint density at radius 2 is 1.83 bits per heavy atom. The van der Waals surface area contributed by atoms with Crippen LogP contribution in [0.2, 0.25) is 0 Å². The lowest BCUT2D eigenvalue weighted by Crippen LogP contribution is -2.42. The highest BCUT2D eigenvalue weighted by Gasteiger charge is 2.21. The van der Waals surface area contributed by atoms with Crippen molar-refractivity contribution in [3.05, 3.63) is 29.8 Å². The molecule has 1 aromatic rings. The molecule has 1 rings (SSSR count). The molecule has 0 aliphatic rings. The first-order valence-electron chi connectivity index (χ1n) is 8.15. The molecule has 0 heterocycles. The number of carbonyl (C=O) groups excluding carboxylic acids is 1. The van der Waals surface area contributed by atoms with Crippen LogP contribution in [0.3, 0.4) is 0 Å². The molecule has 6 heteroatoms. The average Bonchev–Trinajstić information content (AvgIpc) is 2.47. The average molecular weight is 337 g/mol. The number of unbranched alkanes of at least 4 members (excludes halogenated alkanes) is 1. The summed E-state index contributed by atoms with van der Waals surface area (Å²) < 4.78 is 10.7. The predicted molar refractivity (Wildman–Crippen MR) is 91.3 cm³/mol. The summed E-state index contributed by atoms with van der Waals surface area (Å²) >= 11 is 0. The van der Waals surface area contributed by atoms with E-state index in [9.17, 15) is 14.7 Å². The maximum absolute atomic E-state index is 11.6. The molecule has 1 amide bonds. The van der Waals surface area contributed by atoms with Gasteiger partial charge in [-0.1, -0.05) is 25.5 Å². The van der Waals surface area contributed by atoms with Gasteiger partial charge in [0.15, 0.2) is 0 Å². The first kappa shape index (κ1) is 19.8. The van der Waals surface area contributed by atoms with Gasteiger partial charge < -0.3 is 19.9 Å². The van der Waals surface area contributed by atoms with Crippen LogP contribution in [0.5, 0.6) is 5.75 Å². The van der Waals surface area contributed by atoms with Crippen LogP contribution >= 0.6 is 0 Å². The highest BCUT2D eigenvalue weighted by molar-refractivity contribution is 5.80. The lowest BCUT2D eigenvalue weighted by atomic mass is 10.1. The van der Waals surface area contributed by atoms with Gasteiger partial charge in [-0.2, -0.15) is 0 Å². The number of aliphatic carboxylic acids is 1. The first-order valence-corrected chi connectivity index (χ1v) is 8.15. The lowest BCUT2D eigenvalue weighted by molar-refractivity contribution is -0.139. The molecule has 0 aliphatic carbocycles. The zero-order chi connectivity index (χ0) is 18.2. The summed E-state index contributed by atoms with van der Waals surface area (Å²) in [7, 11) is 0. The second-order valence-corrected chi connectivity index (χ2v) is 6.59. The SMILES string of the molecule is CCCCOC(=O)N[C@@H](Cc1ccc(OC(C)(C)C)cc1)C(=O)O. The summed E-state index contributed by atoms with van der Waals surface area (Å²) in [4.78, 5) is 22.9. The van der Waals surface area contributed by atoms with Crippen molar-refractivity contribution in [1.82, 2.24) is 5.32 Å². The molecule has 0 fully saturated rings. The Kier molecular flexibility index (Phi) is 7.55. The van der Waals surface area contributed by atoms with Crippen LogP contribution in [0.25, 0.3) is 0 Å². The van der Waals surface area contributed by atoms with Gasteiger partial charge in [0.05, 0.1) is 6.61 Å². The van der Waals surface area contributed by atoms with Crippen LogP contribution in [0.15, 0.2) is 24.3 Å². The molecule has 0 unspecified atom stereocenters. The van der Waals surface area contributed by atoms with E-state index in [1.54, 1.807) is 24.3 Å². The van der Waals surface area contributed by atoms with Crippen LogP contribution < -0.4 is 10.1 Å². The summed E-state index contributed by atoms with van der Waals surface area (Å²) in [5, 5.41) is 11.7. The highest BCUT2D eigenvalue weighted by atomic mass is 16.5. The third-order valence-corrected chi connectivity index (χ3v) is 3.11. The standard InChI is InChI=1S/C18H27NO5/c1-5-6-11-23-17(22)19-15(16(20)21)12-13-7-9-14(10-8-13)24-18(2,3)4/h7-10,15H,5-6,11-12H2,1-4H3,(H,19,22)(H,20,21)/t15-/m0/s1. The smallest absolute Gasteiger partial charge is 0.407 e.